The molecule has 3 rings (SSSR count). The first-order valence-corrected chi connectivity index (χ1v) is 7.31. The van der Waals surface area contributed by atoms with E-state index >= 15 is 0 Å². The molecule has 0 unspecified atom stereocenters. The number of rotatable bonds is 3. The Morgan fingerprint density at radius 2 is 2.20 bits per heavy atom. The SMILES string of the molecule is O=[N+]([O-])c1cccc(/C=N\c2nc3c(s2)CCCC3)c1. The number of non-ortho nitro benzene ring substituents is 1. The first kappa shape index (κ1) is 12.9. The normalized spacial score (nSPS) is 14.4. The van der Waals surface area contributed by atoms with Crippen molar-refractivity contribution >= 4 is 28.4 Å². The van der Waals surface area contributed by atoms with E-state index in [9.17, 15) is 10.1 Å². The van der Waals surface area contributed by atoms with Gasteiger partial charge in [-0.1, -0.05) is 23.5 Å². The van der Waals surface area contributed by atoms with Crippen molar-refractivity contribution in [2.45, 2.75) is 25.7 Å². The number of aromatic nitrogens is 1. The maximum atomic E-state index is 10.7. The number of nitro groups is 1. The Bertz CT molecular complexity index is 655. The maximum Gasteiger partial charge on any atom is 0.270 e. The Morgan fingerprint density at radius 3 is 3.00 bits per heavy atom. The molecule has 102 valence electrons. The molecule has 0 saturated heterocycles. The number of hydrogen-bond acceptors (Lipinski definition) is 5. The van der Waals surface area contributed by atoms with Crippen molar-refractivity contribution in [3.8, 4) is 0 Å². The Labute approximate surface area is 120 Å². The number of aliphatic imine (C=N–C) groups is 1. The number of nitrogens with zero attached hydrogens (tertiary/aromatic N) is 3. The van der Waals surface area contributed by atoms with Crippen LogP contribution in [0.15, 0.2) is 29.3 Å². The number of nitro benzene ring substituents is 1. The molecule has 0 N–H and O–H groups in total. The lowest BCUT2D eigenvalue weighted by atomic mass is 10.0. The lowest BCUT2D eigenvalue weighted by Crippen LogP contribution is -1.98. The van der Waals surface area contributed by atoms with E-state index in [4.69, 9.17) is 0 Å². The topological polar surface area (TPSA) is 68.4 Å². The Morgan fingerprint density at radius 1 is 1.35 bits per heavy atom. The van der Waals surface area contributed by atoms with Gasteiger partial charge in [-0.15, -0.1) is 0 Å². The minimum atomic E-state index is -0.403. The summed E-state index contributed by atoms with van der Waals surface area (Å²) in [6.07, 6.45) is 6.20. The summed E-state index contributed by atoms with van der Waals surface area (Å²) in [5.74, 6) is 0. The van der Waals surface area contributed by atoms with Gasteiger partial charge in [0.15, 0.2) is 0 Å². The second-order valence-electron chi connectivity index (χ2n) is 4.68. The predicted octanol–water partition coefficient (Wildman–Crippen LogP) is 3.68. The van der Waals surface area contributed by atoms with E-state index in [0.29, 0.717) is 5.56 Å². The zero-order valence-corrected chi connectivity index (χ0v) is 11.6. The van der Waals surface area contributed by atoms with Gasteiger partial charge in [-0.2, -0.15) is 0 Å². The van der Waals surface area contributed by atoms with Gasteiger partial charge < -0.3 is 0 Å². The van der Waals surface area contributed by atoms with E-state index in [-0.39, 0.29) is 5.69 Å². The van der Waals surface area contributed by atoms with Gasteiger partial charge in [0.05, 0.1) is 10.6 Å². The highest BCUT2D eigenvalue weighted by molar-refractivity contribution is 7.15. The van der Waals surface area contributed by atoms with Crippen molar-refractivity contribution in [1.82, 2.24) is 4.98 Å². The van der Waals surface area contributed by atoms with Crippen molar-refractivity contribution in [2.75, 3.05) is 0 Å². The van der Waals surface area contributed by atoms with Gasteiger partial charge in [-0.05, 0) is 31.2 Å². The van der Waals surface area contributed by atoms with E-state index in [2.05, 4.69) is 9.98 Å². The Kier molecular flexibility index (Phi) is 3.56. The van der Waals surface area contributed by atoms with E-state index < -0.39 is 4.92 Å². The molecule has 6 heteroatoms. The fraction of sp³-hybridized carbons (Fsp3) is 0.286. The van der Waals surface area contributed by atoms with Crippen molar-refractivity contribution in [3.05, 3.63) is 50.5 Å². The smallest absolute Gasteiger partial charge is 0.258 e. The molecule has 1 aromatic carbocycles. The van der Waals surface area contributed by atoms with Crippen LogP contribution in [0.1, 0.15) is 29.0 Å². The number of aryl methyl sites for hydroxylation is 2. The van der Waals surface area contributed by atoms with Crippen LogP contribution in [-0.4, -0.2) is 16.1 Å². The van der Waals surface area contributed by atoms with Crippen LogP contribution in [0.5, 0.6) is 0 Å². The van der Waals surface area contributed by atoms with Crippen LogP contribution in [0, 0.1) is 10.1 Å². The molecule has 0 radical (unpaired) electrons. The highest BCUT2D eigenvalue weighted by atomic mass is 32.1. The second-order valence-corrected chi connectivity index (χ2v) is 5.75. The van der Waals surface area contributed by atoms with E-state index in [0.717, 1.165) is 18.0 Å². The fourth-order valence-corrected chi connectivity index (χ4v) is 3.24. The molecule has 0 spiro atoms. The summed E-state index contributed by atoms with van der Waals surface area (Å²) in [5, 5.41) is 11.5. The first-order chi connectivity index (χ1) is 9.72. The van der Waals surface area contributed by atoms with Crippen molar-refractivity contribution < 1.29 is 4.92 Å². The van der Waals surface area contributed by atoms with Gasteiger partial charge >= 0.3 is 0 Å². The second kappa shape index (κ2) is 5.50. The van der Waals surface area contributed by atoms with Gasteiger partial charge in [-0.3, -0.25) is 10.1 Å². The minimum Gasteiger partial charge on any atom is -0.258 e. The molecule has 5 nitrogen and oxygen atoms in total. The summed E-state index contributed by atoms with van der Waals surface area (Å²) in [5.41, 5.74) is 1.96. The van der Waals surface area contributed by atoms with Crippen LogP contribution in [0.4, 0.5) is 10.8 Å². The highest BCUT2D eigenvalue weighted by Crippen LogP contribution is 2.31. The van der Waals surface area contributed by atoms with Crippen LogP contribution in [0.25, 0.3) is 0 Å². The van der Waals surface area contributed by atoms with Gasteiger partial charge in [-0.25, -0.2) is 9.98 Å². The van der Waals surface area contributed by atoms with Crippen LogP contribution in [0.3, 0.4) is 0 Å². The molecule has 0 fully saturated rings. The third-order valence-electron chi connectivity index (χ3n) is 3.24. The predicted molar refractivity (Wildman–Crippen MR) is 79.1 cm³/mol. The monoisotopic (exact) mass is 287 g/mol. The summed E-state index contributed by atoms with van der Waals surface area (Å²) in [6.45, 7) is 0. The van der Waals surface area contributed by atoms with E-state index in [1.807, 2.05) is 0 Å². The molecule has 1 aliphatic carbocycles. The quantitative estimate of drug-likeness (QED) is 0.491. The molecule has 0 atom stereocenters. The molecule has 0 saturated carbocycles. The summed E-state index contributed by atoms with van der Waals surface area (Å²) in [7, 11) is 0. The van der Waals surface area contributed by atoms with E-state index in [1.54, 1.807) is 29.7 Å². The third kappa shape index (κ3) is 2.75. The highest BCUT2D eigenvalue weighted by Gasteiger charge is 2.14. The summed E-state index contributed by atoms with van der Waals surface area (Å²) in [4.78, 5) is 20.5. The lowest BCUT2D eigenvalue weighted by molar-refractivity contribution is -0.384. The maximum absolute atomic E-state index is 10.7. The van der Waals surface area contributed by atoms with Crippen molar-refractivity contribution in [2.24, 2.45) is 4.99 Å². The standard InChI is InChI=1S/C14H13N3O2S/c18-17(19)11-5-3-4-10(8-11)9-15-14-16-12-6-1-2-7-13(12)20-14/h3-5,8-9H,1-2,6-7H2/b15-9-. The summed E-state index contributed by atoms with van der Waals surface area (Å²) >= 11 is 1.62. The molecule has 20 heavy (non-hydrogen) atoms. The van der Waals surface area contributed by atoms with Gasteiger partial charge in [0, 0.05) is 23.2 Å². The van der Waals surface area contributed by atoms with Crippen LogP contribution < -0.4 is 0 Å². The average molecular weight is 287 g/mol. The van der Waals surface area contributed by atoms with Gasteiger partial charge in [0.25, 0.3) is 5.69 Å². The zero-order valence-electron chi connectivity index (χ0n) is 10.8. The molecular weight excluding hydrogens is 274 g/mol. The third-order valence-corrected chi connectivity index (χ3v) is 4.30. The van der Waals surface area contributed by atoms with Crippen LogP contribution in [0.2, 0.25) is 0 Å². The van der Waals surface area contributed by atoms with E-state index in [1.165, 1.54) is 35.5 Å². The van der Waals surface area contributed by atoms with Gasteiger partial charge in [0.2, 0.25) is 5.13 Å². The first-order valence-electron chi connectivity index (χ1n) is 6.49. The van der Waals surface area contributed by atoms with Gasteiger partial charge in [0.1, 0.15) is 0 Å². The Hall–Kier alpha value is -2.08. The number of thiazole rings is 1. The molecule has 0 bridgehead atoms. The molecular formula is C14H13N3O2S. The number of hydrogen-bond donors (Lipinski definition) is 0. The molecule has 1 aromatic heterocycles. The molecule has 0 amide bonds. The minimum absolute atomic E-state index is 0.0763. The number of benzene rings is 1. The number of fused-ring (bicyclic) bond motifs is 1. The molecule has 1 aliphatic rings. The Balaban J connectivity index is 1.81. The molecule has 1 heterocycles. The fourth-order valence-electron chi connectivity index (χ4n) is 2.24. The zero-order chi connectivity index (χ0) is 13.9. The van der Waals surface area contributed by atoms with Crippen molar-refractivity contribution in [3.63, 3.8) is 0 Å². The average Bonchev–Trinajstić information content (AvgIpc) is 2.88. The summed E-state index contributed by atoms with van der Waals surface area (Å²) in [6, 6.07) is 6.44. The largest absolute Gasteiger partial charge is 0.270 e. The lowest BCUT2D eigenvalue weighted by Gasteiger charge is -2.06. The summed E-state index contributed by atoms with van der Waals surface area (Å²) < 4.78 is 0. The van der Waals surface area contributed by atoms with Crippen LogP contribution >= 0.6 is 11.3 Å². The van der Waals surface area contributed by atoms with Crippen molar-refractivity contribution in [1.29, 1.82) is 0 Å². The molecule has 2 aromatic rings. The van der Waals surface area contributed by atoms with Crippen LogP contribution in [-0.2, 0) is 12.8 Å². The molecule has 0 aliphatic heterocycles.